The first-order valence-electron chi connectivity index (χ1n) is 7.09. The second-order valence-corrected chi connectivity index (χ2v) is 8.05. The first kappa shape index (κ1) is 17.4. The van der Waals surface area contributed by atoms with E-state index in [0.717, 1.165) is 4.47 Å². The van der Waals surface area contributed by atoms with E-state index in [1.54, 1.807) is 24.3 Å². The van der Waals surface area contributed by atoms with Crippen molar-refractivity contribution < 1.29 is 18.3 Å². The SMILES string of the molecule is O=C(O)CCCN1CCN(S(=O)(=O)c2ccc(Br)cc2)CC1. The van der Waals surface area contributed by atoms with Crippen LogP contribution in [0.4, 0.5) is 0 Å². The molecule has 1 aliphatic heterocycles. The molecule has 2 rings (SSSR count). The molecule has 0 unspecified atom stereocenters. The van der Waals surface area contributed by atoms with Gasteiger partial charge in [-0.3, -0.25) is 4.79 Å². The molecule has 122 valence electrons. The zero-order chi connectivity index (χ0) is 16.2. The number of sulfonamides is 1. The summed E-state index contributed by atoms with van der Waals surface area (Å²) in [5.41, 5.74) is 0. The number of carboxylic acids is 1. The van der Waals surface area contributed by atoms with E-state index < -0.39 is 16.0 Å². The molecule has 0 spiro atoms. The molecule has 1 aromatic carbocycles. The van der Waals surface area contributed by atoms with Crippen LogP contribution in [0.25, 0.3) is 0 Å². The van der Waals surface area contributed by atoms with Crippen LogP contribution in [0.3, 0.4) is 0 Å². The van der Waals surface area contributed by atoms with Crippen molar-refractivity contribution in [3.63, 3.8) is 0 Å². The van der Waals surface area contributed by atoms with E-state index in [9.17, 15) is 13.2 Å². The lowest BCUT2D eigenvalue weighted by Gasteiger charge is -2.33. The summed E-state index contributed by atoms with van der Waals surface area (Å²) in [6.45, 7) is 2.83. The molecule has 0 bridgehead atoms. The molecular weight excluding hydrogens is 372 g/mol. The molecule has 8 heteroatoms. The minimum absolute atomic E-state index is 0.150. The Morgan fingerprint density at radius 1 is 1.14 bits per heavy atom. The van der Waals surface area contributed by atoms with Gasteiger partial charge in [0.1, 0.15) is 0 Å². The van der Waals surface area contributed by atoms with E-state index in [-0.39, 0.29) is 6.42 Å². The maximum Gasteiger partial charge on any atom is 0.303 e. The summed E-state index contributed by atoms with van der Waals surface area (Å²) in [6, 6.07) is 6.63. The molecule has 22 heavy (non-hydrogen) atoms. The van der Waals surface area contributed by atoms with Gasteiger partial charge in [-0.25, -0.2) is 8.42 Å². The van der Waals surface area contributed by atoms with Gasteiger partial charge in [0.25, 0.3) is 0 Å². The van der Waals surface area contributed by atoms with Gasteiger partial charge in [0, 0.05) is 37.1 Å². The molecule has 0 amide bonds. The zero-order valence-electron chi connectivity index (χ0n) is 12.1. The summed E-state index contributed by atoms with van der Waals surface area (Å²) < 4.78 is 27.4. The van der Waals surface area contributed by atoms with Crippen LogP contribution in [0.15, 0.2) is 33.6 Å². The predicted octanol–water partition coefficient (Wildman–Crippen LogP) is 1.62. The fourth-order valence-corrected chi connectivity index (χ4v) is 4.09. The Kier molecular flexibility index (Phi) is 5.96. The molecule has 0 radical (unpaired) electrons. The number of aliphatic carboxylic acids is 1. The second-order valence-electron chi connectivity index (χ2n) is 5.20. The lowest BCUT2D eigenvalue weighted by molar-refractivity contribution is -0.137. The van der Waals surface area contributed by atoms with E-state index in [2.05, 4.69) is 20.8 Å². The lowest BCUT2D eigenvalue weighted by Crippen LogP contribution is -2.48. The smallest absolute Gasteiger partial charge is 0.303 e. The number of carboxylic acid groups (broad SMARTS) is 1. The number of halogens is 1. The van der Waals surface area contributed by atoms with Crippen LogP contribution in [0.5, 0.6) is 0 Å². The summed E-state index contributed by atoms with van der Waals surface area (Å²) in [5.74, 6) is -0.795. The van der Waals surface area contributed by atoms with Gasteiger partial charge in [0.2, 0.25) is 10.0 Å². The maximum absolute atomic E-state index is 12.5. The van der Waals surface area contributed by atoms with Crippen molar-refractivity contribution in [2.24, 2.45) is 0 Å². The molecule has 0 saturated carbocycles. The summed E-state index contributed by atoms with van der Waals surface area (Å²) in [5, 5.41) is 8.63. The average Bonchev–Trinajstić information content (AvgIpc) is 2.48. The lowest BCUT2D eigenvalue weighted by atomic mass is 10.2. The van der Waals surface area contributed by atoms with Crippen molar-refractivity contribution >= 4 is 31.9 Å². The van der Waals surface area contributed by atoms with Gasteiger partial charge in [0.05, 0.1) is 4.90 Å². The molecule has 1 aliphatic rings. The van der Waals surface area contributed by atoms with Crippen LogP contribution in [0.1, 0.15) is 12.8 Å². The number of piperazine rings is 1. The van der Waals surface area contributed by atoms with Gasteiger partial charge in [-0.2, -0.15) is 4.31 Å². The average molecular weight is 391 g/mol. The van der Waals surface area contributed by atoms with Gasteiger partial charge >= 0.3 is 5.97 Å². The molecule has 0 aliphatic carbocycles. The highest BCUT2D eigenvalue weighted by molar-refractivity contribution is 9.10. The van der Waals surface area contributed by atoms with E-state index in [0.29, 0.717) is 44.0 Å². The van der Waals surface area contributed by atoms with Gasteiger partial charge in [-0.1, -0.05) is 15.9 Å². The van der Waals surface area contributed by atoms with Crippen LogP contribution in [0, 0.1) is 0 Å². The summed E-state index contributed by atoms with van der Waals surface area (Å²) in [4.78, 5) is 12.9. The van der Waals surface area contributed by atoms with Crippen molar-refractivity contribution in [1.82, 2.24) is 9.21 Å². The minimum Gasteiger partial charge on any atom is -0.481 e. The van der Waals surface area contributed by atoms with Gasteiger partial charge in [-0.05, 0) is 37.2 Å². The van der Waals surface area contributed by atoms with Crippen molar-refractivity contribution in [2.75, 3.05) is 32.7 Å². The third-order valence-electron chi connectivity index (χ3n) is 3.65. The summed E-state index contributed by atoms with van der Waals surface area (Å²) in [6.07, 6.45) is 0.742. The number of carbonyl (C=O) groups is 1. The molecule has 1 fully saturated rings. The maximum atomic E-state index is 12.5. The Morgan fingerprint density at radius 3 is 2.27 bits per heavy atom. The van der Waals surface area contributed by atoms with Crippen molar-refractivity contribution in [1.29, 1.82) is 0 Å². The van der Waals surface area contributed by atoms with Crippen LogP contribution in [-0.4, -0.2) is 61.4 Å². The fourth-order valence-electron chi connectivity index (χ4n) is 2.40. The normalized spacial score (nSPS) is 17.5. The topological polar surface area (TPSA) is 77.9 Å². The summed E-state index contributed by atoms with van der Waals surface area (Å²) in [7, 11) is -3.44. The number of hydrogen-bond donors (Lipinski definition) is 1. The monoisotopic (exact) mass is 390 g/mol. The Hall–Kier alpha value is -0.960. The van der Waals surface area contributed by atoms with E-state index >= 15 is 0 Å². The predicted molar refractivity (Wildman–Crippen MR) is 86.2 cm³/mol. The minimum atomic E-state index is -3.44. The molecule has 0 aromatic heterocycles. The van der Waals surface area contributed by atoms with Crippen molar-refractivity contribution in [3.05, 3.63) is 28.7 Å². The zero-order valence-corrected chi connectivity index (χ0v) is 14.5. The van der Waals surface area contributed by atoms with E-state index in [1.807, 2.05) is 0 Å². The largest absolute Gasteiger partial charge is 0.481 e. The Balaban J connectivity index is 1.90. The highest BCUT2D eigenvalue weighted by atomic mass is 79.9. The van der Waals surface area contributed by atoms with Crippen LogP contribution < -0.4 is 0 Å². The number of hydrogen-bond acceptors (Lipinski definition) is 4. The highest BCUT2D eigenvalue weighted by Crippen LogP contribution is 2.20. The van der Waals surface area contributed by atoms with Gasteiger partial charge in [-0.15, -0.1) is 0 Å². The third-order valence-corrected chi connectivity index (χ3v) is 6.09. The van der Waals surface area contributed by atoms with Crippen LogP contribution >= 0.6 is 15.9 Å². The molecule has 1 heterocycles. The quantitative estimate of drug-likeness (QED) is 0.798. The first-order chi connectivity index (χ1) is 10.4. The Bertz CT molecular complexity index is 610. The highest BCUT2D eigenvalue weighted by Gasteiger charge is 2.28. The van der Waals surface area contributed by atoms with Gasteiger partial charge < -0.3 is 10.0 Å². The molecule has 0 atom stereocenters. The standard InChI is InChI=1S/C14H19BrN2O4S/c15-12-3-5-13(6-4-12)22(20,21)17-10-8-16(9-11-17)7-1-2-14(18)19/h3-6H,1-2,7-11H2,(H,18,19). The van der Waals surface area contributed by atoms with Crippen molar-refractivity contribution in [2.45, 2.75) is 17.7 Å². The van der Waals surface area contributed by atoms with Crippen molar-refractivity contribution in [3.8, 4) is 0 Å². The van der Waals surface area contributed by atoms with E-state index in [1.165, 1.54) is 4.31 Å². The summed E-state index contributed by atoms with van der Waals surface area (Å²) >= 11 is 3.29. The third kappa shape index (κ3) is 4.52. The molecule has 1 aromatic rings. The van der Waals surface area contributed by atoms with Gasteiger partial charge in [0.15, 0.2) is 0 Å². The molecule has 1 saturated heterocycles. The van der Waals surface area contributed by atoms with E-state index in [4.69, 9.17) is 5.11 Å². The first-order valence-corrected chi connectivity index (χ1v) is 9.33. The van der Waals surface area contributed by atoms with Crippen LogP contribution in [0.2, 0.25) is 0 Å². The van der Waals surface area contributed by atoms with Crippen LogP contribution in [-0.2, 0) is 14.8 Å². The Morgan fingerprint density at radius 2 is 1.73 bits per heavy atom. The number of benzene rings is 1. The fraction of sp³-hybridized carbons (Fsp3) is 0.500. The number of rotatable bonds is 6. The Labute approximate surface area is 138 Å². The number of nitrogens with zero attached hydrogens (tertiary/aromatic N) is 2. The molecule has 1 N–H and O–H groups in total. The second kappa shape index (κ2) is 7.54. The molecular formula is C14H19BrN2O4S. The molecule has 6 nitrogen and oxygen atoms in total.